The Bertz CT molecular complexity index is 1430. The lowest BCUT2D eigenvalue weighted by Gasteiger charge is -2.10. The molecule has 0 aliphatic heterocycles. The molecule has 7 heteroatoms. The average Bonchev–Trinajstić information content (AvgIpc) is 3.39. The zero-order valence-electron chi connectivity index (χ0n) is 16.8. The summed E-state index contributed by atoms with van der Waals surface area (Å²) in [4.78, 5) is 24.8. The topological polar surface area (TPSA) is 89.6 Å². The van der Waals surface area contributed by atoms with Gasteiger partial charge in [-0.1, -0.05) is 30.3 Å². The fourth-order valence-corrected chi connectivity index (χ4v) is 3.84. The van der Waals surface area contributed by atoms with Crippen molar-refractivity contribution < 1.29 is 4.52 Å². The second kappa shape index (κ2) is 7.26. The first-order chi connectivity index (χ1) is 14.6. The number of hydrogen-bond acceptors (Lipinski definition) is 5. The molecule has 0 saturated carbocycles. The first-order valence-corrected chi connectivity index (χ1v) is 10.0. The van der Waals surface area contributed by atoms with E-state index in [0.29, 0.717) is 30.4 Å². The monoisotopic (exact) mass is 399 g/mol. The van der Waals surface area contributed by atoms with Crippen molar-refractivity contribution in [3.63, 3.8) is 0 Å². The van der Waals surface area contributed by atoms with Gasteiger partial charge < -0.3 is 14.1 Å². The van der Waals surface area contributed by atoms with Crippen LogP contribution < -0.4 is 5.56 Å². The molecule has 5 aromatic rings. The summed E-state index contributed by atoms with van der Waals surface area (Å²) < 4.78 is 7.29. The van der Waals surface area contributed by atoms with E-state index in [1.54, 1.807) is 11.5 Å². The summed E-state index contributed by atoms with van der Waals surface area (Å²) in [5.74, 6) is 1.06. The molecule has 0 atom stereocenters. The Morgan fingerprint density at radius 1 is 1.13 bits per heavy atom. The lowest BCUT2D eigenvalue weighted by molar-refractivity contribution is 0.386. The molecule has 7 nitrogen and oxygen atoms in total. The highest BCUT2D eigenvalue weighted by molar-refractivity contribution is 5.83. The van der Waals surface area contributed by atoms with Crippen LogP contribution in [0, 0.1) is 6.92 Å². The van der Waals surface area contributed by atoms with Gasteiger partial charge in [-0.05, 0) is 43.2 Å². The second-order valence-corrected chi connectivity index (χ2v) is 7.41. The van der Waals surface area contributed by atoms with E-state index >= 15 is 0 Å². The maximum absolute atomic E-state index is 12.4. The molecule has 0 aliphatic carbocycles. The minimum atomic E-state index is -0.0438. The molecule has 0 aliphatic rings. The van der Waals surface area contributed by atoms with Crippen LogP contribution in [0.25, 0.3) is 33.3 Å². The van der Waals surface area contributed by atoms with Crippen LogP contribution in [0.3, 0.4) is 0 Å². The van der Waals surface area contributed by atoms with Gasteiger partial charge in [-0.25, -0.2) is 4.98 Å². The van der Waals surface area contributed by atoms with E-state index in [1.165, 1.54) is 0 Å². The van der Waals surface area contributed by atoms with Crippen LogP contribution in [0.1, 0.15) is 30.5 Å². The lowest BCUT2D eigenvalue weighted by atomic mass is 10.1. The number of benzene rings is 2. The second-order valence-electron chi connectivity index (χ2n) is 7.41. The van der Waals surface area contributed by atoms with Crippen molar-refractivity contribution in [1.82, 2.24) is 24.7 Å². The number of fused-ring (bicyclic) bond motifs is 2. The molecular formula is C23H21N5O2. The van der Waals surface area contributed by atoms with E-state index < -0.39 is 0 Å². The fraction of sp³-hybridized carbons (Fsp3) is 0.217. The molecular weight excluding hydrogens is 378 g/mol. The van der Waals surface area contributed by atoms with Crippen LogP contribution >= 0.6 is 0 Å². The molecule has 0 saturated heterocycles. The van der Waals surface area contributed by atoms with Crippen LogP contribution in [0.2, 0.25) is 0 Å². The summed E-state index contributed by atoms with van der Waals surface area (Å²) in [7, 11) is 0. The van der Waals surface area contributed by atoms with Gasteiger partial charge >= 0.3 is 0 Å². The van der Waals surface area contributed by atoms with E-state index in [4.69, 9.17) is 4.52 Å². The third-order valence-corrected chi connectivity index (χ3v) is 5.30. The van der Waals surface area contributed by atoms with Gasteiger partial charge in [0.1, 0.15) is 5.69 Å². The molecule has 150 valence electrons. The van der Waals surface area contributed by atoms with Gasteiger partial charge in [0, 0.05) is 29.2 Å². The Morgan fingerprint density at radius 2 is 2.00 bits per heavy atom. The van der Waals surface area contributed by atoms with Crippen molar-refractivity contribution in [3.05, 3.63) is 76.2 Å². The SMILES string of the molecule is CCCn1c(=O)c(C)nc2cc(-c3noc(Cc4c[nH]c5ccccc45)n3)ccc21. The third-order valence-electron chi connectivity index (χ3n) is 5.30. The van der Waals surface area contributed by atoms with Gasteiger partial charge in [-0.15, -0.1) is 0 Å². The van der Waals surface area contributed by atoms with Crippen molar-refractivity contribution in [2.24, 2.45) is 0 Å². The van der Waals surface area contributed by atoms with E-state index in [2.05, 4.69) is 33.1 Å². The van der Waals surface area contributed by atoms with Crippen molar-refractivity contribution >= 4 is 21.9 Å². The summed E-state index contributed by atoms with van der Waals surface area (Å²) in [5, 5.41) is 5.31. The van der Waals surface area contributed by atoms with Gasteiger partial charge in [-0.2, -0.15) is 4.98 Å². The van der Waals surface area contributed by atoms with Crippen LogP contribution in [0.5, 0.6) is 0 Å². The largest absolute Gasteiger partial charge is 0.361 e. The van der Waals surface area contributed by atoms with Crippen LogP contribution in [-0.2, 0) is 13.0 Å². The number of aromatic nitrogens is 5. The number of rotatable bonds is 5. The standard InChI is InChI=1S/C23H21N5O2/c1-3-10-28-20-9-8-15(11-19(20)25-14(2)23(28)29)22-26-21(30-27-22)12-16-13-24-18-7-5-4-6-17(16)18/h4-9,11,13,24H,3,10,12H2,1-2H3. The van der Waals surface area contributed by atoms with Crippen LogP contribution in [0.4, 0.5) is 0 Å². The molecule has 1 N–H and O–H groups in total. The van der Waals surface area contributed by atoms with Crippen molar-refractivity contribution in [1.29, 1.82) is 0 Å². The quantitative estimate of drug-likeness (QED) is 0.477. The maximum atomic E-state index is 12.4. The first-order valence-electron chi connectivity index (χ1n) is 10.0. The Hall–Kier alpha value is -3.74. The molecule has 0 spiro atoms. The summed E-state index contributed by atoms with van der Waals surface area (Å²) in [6, 6.07) is 13.9. The molecule has 30 heavy (non-hydrogen) atoms. The minimum Gasteiger partial charge on any atom is -0.361 e. The Kier molecular flexibility index (Phi) is 4.43. The zero-order chi connectivity index (χ0) is 20.7. The summed E-state index contributed by atoms with van der Waals surface area (Å²) in [6.07, 6.45) is 3.41. The normalized spacial score (nSPS) is 11.5. The highest BCUT2D eigenvalue weighted by atomic mass is 16.5. The van der Waals surface area contributed by atoms with Crippen molar-refractivity contribution in [2.75, 3.05) is 0 Å². The predicted molar refractivity (Wildman–Crippen MR) is 115 cm³/mol. The van der Waals surface area contributed by atoms with E-state index in [9.17, 15) is 4.79 Å². The Morgan fingerprint density at radius 3 is 2.87 bits per heavy atom. The maximum Gasteiger partial charge on any atom is 0.272 e. The minimum absolute atomic E-state index is 0.0438. The molecule has 2 aromatic carbocycles. The molecule has 5 rings (SSSR count). The summed E-state index contributed by atoms with van der Waals surface area (Å²) in [5.41, 5.74) is 5.02. The fourth-order valence-electron chi connectivity index (χ4n) is 3.84. The van der Waals surface area contributed by atoms with Crippen LogP contribution in [0.15, 0.2) is 58.0 Å². The molecule has 0 fully saturated rings. The van der Waals surface area contributed by atoms with E-state index in [0.717, 1.165) is 39.5 Å². The number of hydrogen-bond donors (Lipinski definition) is 1. The summed E-state index contributed by atoms with van der Waals surface area (Å²) in [6.45, 7) is 4.46. The molecule has 0 radical (unpaired) electrons. The average molecular weight is 399 g/mol. The third kappa shape index (κ3) is 3.08. The van der Waals surface area contributed by atoms with Gasteiger partial charge in [0.05, 0.1) is 17.5 Å². The van der Waals surface area contributed by atoms with Gasteiger partial charge in [0.15, 0.2) is 0 Å². The van der Waals surface area contributed by atoms with Crippen molar-refractivity contribution in [2.45, 2.75) is 33.2 Å². The van der Waals surface area contributed by atoms with Crippen molar-refractivity contribution in [3.8, 4) is 11.4 Å². The number of nitrogens with one attached hydrogen (secondary N) is 1. The summed E-state index contributed by atoms with van der Waals surface area (Å²) >= 11 is 0. The first kappa shape index (κ1) is 18.3. The zero-order valence-corrected chi connectivity index (χ0v) is 16.8. The van der Waals surface area contributed by atoms with E-state index in [1.807, 2.05) is 42.6 Å². The number of nitrogens with zero attached hydrogens (tertiary/aromatic N) is 4. The van der Waals surface area contributed by atoms with E-state index in [-0.39, 0.29) is 5.56 Å². The number of aromatic amines is 1. The highest BCUT2D eigenvalue weighted by Gasteiger charge is 2.14. The van der Waals surface area contributed by atoms with Gasteiger partial charge in [0.2, 0.25) is 11.7 Å². The molecule has 0 bridgehead atoms. The number of para-hydroxylation sites is 1. The van der Waals surface area contributed by atoms with Gasteiger partial charge in [0.25, 0.3) is 5.56 Å². The predicted octanol–water partition coefficient (Wildman–Crippen LogP) is 4.24. The molecule has 0 amide bonds. The number of H-pyrrole nitrogens is 1. The smallest absolute Gasteiger partial charge is 0.272 e. The highest BCUT2D eigenvalue weighted by Crippen LogP contribution is 2.24. The number of aryl methyl sites for hydroxylation is 2. The molecule has 3 aromatic heterocycles. The van der Waals surface area contributed by atoms with Crippen LogP contribution in [-0.4, -0.2) is 24.7 Å². The molecule has 0 unspecified atom stereocenters. The van der Waals surface area contributed by atoms with Gasteiger partial charge in [-0.3, -0.25) is 4.79 Å². The lowest BCUT2D eigenvalue weighted by Crippen LogP contribution is -2.24. The Labute approximate surface area is 172 Å². The Balaban J connectivity index is 1.50. The molecule has 3 heterocycles.